The Hall–Kier alpha value is -1.96. The Kier molecular flexibility index (Phi) is 7.62. The van der Waals surface area contributed by atoms with Gasteiger partial charge in [-0.1, -0.05) is 30.3 Å². The number of hydrogen-bond acceptors (Lipinski definition) is 6. The highest BCUT2D eigenvalue weighted by Crippen LogP contribution is 2.12. The molecule has 0 bridgehead atoms. The van der Waals surface area contributed by atoms with Crippen molar-refractivity contribution in [3.05, 3.63) is 41.2 Å². The van der Waals surface area contributed by atoms with Gasteiger partial charge >= 0.3 is 0 Å². The van der Waals surface area contributed by atoms with Crippen molar-refractivity contribution in [1.29, 1.82) is 0 Å². The molecule has 7 nitrogen and oxygen atoms in total. The zero-order chi connectivity index (χ0) is 18.9. The van der Waals surface area contributed by atoms with Crippen LogP contribution in [0.25, 0.3) is 0 Å². The summed E-state index contributed by atoms with van der Waals surface area (Å²) in [6, 6.07) is 10.7. The predicted molar refractivity (Wildman–Crippen MR) is 108 cm³/mol. The number of nitrogens with one attached hydrogen (secondary N) is 3. The van der Waals surface area contributed by atoms with Crippen molar-refractivity contribution >= 4 is 23.5 Å². The van der Waals surface area contributed by atoms with E-state index in [0.717, 1.165) is 52.2 Å². The van der Waals surface area contributed by atoms with E-state index in [-0.39, 0.29) is 11.3 Å². The molecule has 0 spiro atoms. The van der Waals surface area contributed by atoms with Crippen molar-refractivity contribution in [2.75, 3.05) is 50.0 Å². The quantitative estimate of drug-likeness (QED) is 0.598. The zero-order valence-electron chi connectivity index (χ0n) is 15.7. The molecule has 1 aromatic carbocycles. The number of ether oxygens (including phenoxy) is 1. The van der Waals surface area contributed by atoms with Crippen LogP contribution in [0.1, 0.15) is 18.9 Å². The minimum absolute atomic E-state index is 0.198. The Bertz CT molecular complexity index is 696. The highest BCUT2D eigenvalue weighted by atomic mass is 35.5. The normalized spacial score (nSPS) is 16.1. The molecule has 3 N–H and O–H groups in total. The summed E-state index contributed by atoms with van der Waals surface area (Å²) in [7, 11) is 0. The number of anilines is 2. The van der Waals surface area contributed by atoms with Gasteiger partial charge in [0, 0.05) is 6.04 Å². The Balaban J connectivity index is 1.46. The Labute approximate surface area is 165 Å². The fourth-order valence-corrected chi connectivity index (χ4v) is 3.24. The number of aryl methyl sites for hydroxylation is 1. The summed E-state index contributed by atoms with van der Waals surface area (Å²) in [5.74, 6) is 1.03. The largest absolute Gasteiger partial charge is 0.370 e. The van der Waals surface area contributed by atoms with E-state index in [1.165, 1.54) is 10.5 Å². The second-order valence-corrected chi connectivity index (χ2v) is 7.20. The van der Waals surface area contributed by atoms with Crippen molar-refractivity contribution < 1.29 is 9.64 Å². The van der Waals surface area contributed by atoms with Crippen LogP contribution in [0.4, 0.5) is 11.9 Å². The van der Waals surface area contributed by atoms with Gasteiger partial charge in [-0.2, -0.15) is 15.0 Å². The van der Waals surface area contributed by atoms with E-state index >= 15 is 0 Å². The zero-order valence-corrected chi connectivity index (χ0v) is 16.5. The van der Waals surface area contributed by atoms with E-state index in [0.29, 0.717) is 11.9 Å². The van der Waals surface area contributed by atoms with Crippen molar-refractivity contribution in [3.8, 4) is 0 Å². The maximum atomic E-state index is 6.07. The van der Waals surface area contributed by atoms with E-state index in [1.54, 1.807) is 0 Å². The van der Waals surface area contributed by atoms with E-state index in [4.69, 9.17) is 16.3 Å². The van der Waals surface area contributed by atoms with Crippen molar-refractivity contribution in [2.24, 2.45) is 0 Å². The molecule has 146 valence electrons. The number of halogens is 1. The monoisotopic (exact) mass is 391 g/mol. The lowest BCUT2D eigenvalue weighted by Crippen LogP contribution is -3.14. The summed E-state index contributed by atoms with van der Waals surface area (Å²) in [6.07, 6.45) is 1.98. The lowest BCUT2D eigenvalue weighted by atomic mass is 10.1. The molecule has 1 atom stereocenters. The summed E-state index contributed by atoms with van der Waals surface area (Å²) in [4.78, 5) is 14.4. The summed E-state index contributed by atoms with van der Waals surface area (Å²) < 4.78 is 5.38. The first-order chi connectivity index (χ1) is 13.2. The number of rotatable bonds is 9. The number of quaternary nitrogens is 1. The highest BCUT2D eigenvalue weighted by molar-refractivity contribution is 6.28. The van der Waals surface area contributed by atoms with Crippen molar-refractivity contribution in [1.82, 2.24) is 15.0 Å². The van der Waals surface area contributed by atoms with Gasteiger partial charge in [0.1, 0.15) is 13.1 Å². The van der Waals surface area contributed by atoms with Gasteiger partial charge in [-0.15, -0.1) is 0 Å². The third kappa shape index (κ3) is 6.93. The van der Waals surface area contributed by atoms with E-state index < -0.39 is 0 Å². The predicted octanol–water partition coefficient (Wildman–Crippen LogP) is 1.29. The number of benzene rings is 1. The van der Waals surface area contributed by atoms with Crippen molar-refractivity contribution in [3.63, 3.8) is 0 Å². The first kappa shape index (κ1) is 19.8. The van der Waals surface area contributed by atoms with Crippen LogP contribution in [0.15, 0.2) is 30.3 Å². The molecule has 0 unspecified atom stereocenters. The maximum Gasteiger partial charge on any atom is 0.229 e. The molecule has 1 aromatic heterocycles. The minimum Gasteiger partial charge on any atom is -0.370 e. The Morgan fingerprint density at radius 2 is 1.85 bits per heavy atom. The molecule has 1 aliphatic rings. The molecule has 0 aliphatic carbocycles. The molecule has 8 heteroatoms. The van der Waals surface area contributed by atoms with Crippen LogP contribution in [0.5, 0.6) is 0 Å². The molecular formula is C19H28ClN6O+. The smallest absolute Gasteiger partial charge is 0.229 e. The van der Waals surface area contributed by atoms with Crippen LogP contribution < -0.4 is 15.5 Å². The van der Waals surface area contributed by atoms with Gasteiger partial charge in [-0.05, 0) is 36.9 Å². The summed E-state index contributed by atoms with van der Waals surface area (Å²) in [5.41, 5.74) is 1.33. The van der Waals surface area contributed by atoms with Gasteiger partial charge in [-0.25, -0.2) is 0 Å². The van der Waals surface area contributed by atoms with Gasteiger partial charge in [0.15, 0.2) is 0 Å². The molecule has 2 heterocycles. The van der Waals surface area contributed by atoms with E-state index in [1.807, 2.05) is 6.07 Å². The second-order valence-electron chi connectivity index (χ2n) is 6.86. The van der Waals surface area contributed by atoms with Gasteiger partial charge < -0.3 is 20.3 Å². The minimum atomic E-state index is 0.198. The molecule has 1 fully saturated rings. The summed E-state index contributed by atoms with van der Waals surface area (Å²) in [5, 5.41) is 6.78. The highest BCUT2D eigenvalue weighted by Gasteiger charge is 2.14. The van der Waals surface area contributed by atoms with Gasteiger partial charge in [0.25, 0.3) is 0 Å². The van der Waals surface area contributed by atoms with Crippen LogP contribution in [-0.4, -0.2) is 60.4 Å². The fraction of sp³-hybridized carbons (Fsp3) is 0.526. The summed E-state index contributed by atoms with van der Waals surface area (Å²) >= 11 is 6.07. The standard InChI is InChI=1S/C19H27ClN6O/c1-15(7-8-16-5-3-2-4-6-16)22-19-24-17(20)23-18(25-19)21-9-10-26-11-13-27-14-12-26/h2-6,15H,7-14H2,1H3,(H2,21,22,23,24,25)/p+1/t15-/m0/s1. The average molecular weight is 392 g/mol. The maximum absolute atomic E-state index is 6.07. The van der Waals surface area contributed by atoms with Crippen molar-refractivity contribution in [2.45, 2.75) is 25.8 Å². The third-order valence-electron chi connectivity index (χ3n) is 4.65. The molecule has 2 aromatic rings. The molecule has 0 saturated carbocycles. The molecule has 3 rings (SSSR count). The first-order valence-corrected chi connectivity index (χ1v) is 9.94. The van der Waals surface area contributed by atoms with E-state index in [9.17, 15) is 0 Å². The van der Waals surface area contributed by atoms with Crippen LogP contribution >= 0.6 is 11.6 Å². The molecule has 1 aliphatic heterocycles. The number of aromatic nitrogens is 3. The molecule has 1 saturated heterocycles. The van der Waals surface area contributed by atoms with Crippen LogP contribution in [-0.2, 0) is 11.2 Å². The van der Waals surface area contributed by atoms with Crippen LogP contribution in [0.2, 0.25) is 5.28 Å². The Morgan fingerprint density at radius 3 is 2.63 bits per heavy atom. The lowest BCUT2D eigenvalue weighted by Gasteiger charge is -2.23. The van der Waals surface area contributed by atoms with Gasteiger partial charge in [0.2, 0.25) is 17.2 Å². The van der Waals surface area contributed by atoms with Gasteiger partial charge in [-0.3, -0.25) is 0 Å². The second kappa shape index (κ2) is 10.4. The molecule has 0 amide bonds. The third-order valence-corrected chi connectivity index (χ3v) is 4.82. The van der Waals surface area contributed by atoms with Crippen LogP contribution in [0, 0.1) is 0 Å². The molecule has 27 heavy (non-hydrogen) atoms. The first-order valence-electron chi connectivity index (χ1n) is 9.56. The number of nitrogens with zero attached hydrogens (tertiary/aromatic N) is 3. The van der Waals surface area contributed by atoms with Crippen LogP contribution in [0.3, 0.4) is 0 Å². The topological polar surface area (TPSA) is 76.4 Å². The van der Waals surface area contributed by atoms with E-state index in [2.05, 4.69) is 56.8 Å². The summed E-state index contributed by atoms with van der Waals surface area (Å²) in [6.45, 7) is 7.68. The fourth-order valence-electron chi connectivity index (χ4n) is 3.08. The number of hydrogen-bond donors (Lipinski definition) is 3. The Morgan fingerprint density at radius 1 is 1.11 bits per heavy atom. The molecule has 0 radical (unpaired) electrons. The van der Waals surface area contributed by atoms with Gasteiger partial charge in [0.05, 0.1) is 26.3 Å². The SMILES string of the molecule is C[C@@H](CCc1ccccc1)Nc1nc(Cl)nc(NCC[NH+]2CCOCC2)n1. The number of morpholine rings is 1. The lowest BCUT2D eigenvalue weighted by molar-refractivity contribution is -0.906. The average Bonchev–Trinajstić information content (AvgIpc) is 2.68. The molecular weight excluding hydrogens is 364 g/mol.